The quantitative estimate of drug-likeness (QED) is 0.445. The zero-order valence-electron chi connectivity index (χ0n) is 14.5. The predicted molar refractivity (Wildman–Crippen MR) is 95.3 cm³/mol. The minimum atomic E-state index is -0.152. The zero-order chi connectivity index (χ0) is 17.2. The standard InChI is InChI=1S/C16H30ClN5O/c1-11-14(19)16(10-23-11)5-7-22(8-6-16)15(13(9-18)20-3)21(4)12(2)17/h11-12,14H,3,5-10,18-19H2,1-2,4H3/b15-13+/t11-,12?,14+/m0/s1. The Morgan fingerprint density at radius 2 is 2.13 bits per heavy atom. The fourth-order valence-electron chi connectivity index (χ4n) is 3.64. The predicted octanol–water partition coefficient (Wildman–Crippen LogP) is 1.16. The van der Waals surface area contributed by atoms with E-state index in [1.54, 1.807) is 0 Å². The summed E-state index contributed by atoms with van der Waals surface area (Å²) < 4.78 is 5.79. The lowest BCUT2D eigenvalue weighted by Crippen LogP contribution is -2.52. The molecule has 2 fully saturated rings. The minimum Gasteiger partial charge on any atom is -0.376 e. The average Bonchev–Trinajstić information content (AvgIpc) is 2.82. The second kappa shape index (κ2) is 7.38. The van der Waals surface area contributed by atoms with E-state index >= 15 is 0 Å². The van der Waals surface area contributed by atoms with Gasteiger partial charge in [-0.2, -0.15) is 0 Å². The number of ether oxygens (including phenoxy) is 1. The Balaban J connectivity index is 2.18. The molecule has 23 heavy (non-hydrogen) atoms. The van der Waals surface area contributed by atoms with Crippen LogP contribution in [0.1, 0.15) is 26.7 Å². The number of rotatable bonds is 5. The summed E-state index contributed by atoms with van der Waals surface area (Å²) in [6.45, 7) is 10.5. The molecule has 2 aliphatic heterocycles. The van der Waals surface area contributed by atoms with Crippen LogP contribution in [-0.2, 0) is 4.74 Å². The van der Waals surface area contributed by atoms with Gasteiger partial charge in [-0.25, -0.2) is 0 Å². The summed E-state index contributed by atoms with van der Waals surface area (Å²) in [6, 6.07) is 0.105. The number of halogens is 1. The summed E-state index contributed by atoms with van der Waals surface area (Å²) in [5, 5.41) is 0. The molecule has 2 rings (SSSR count). The maximum absolute atomic E-state index is 6.39. The van der Waals surface area contributed by atoms with Gasteiger partial charge >= 0.3 is 0 Å². The van der Waals surface area contributed by atoms with Crippen LogP contribution in [-0.4, -0.2) is 67.5 Å². The summed E-state index contributed by atoms with van der Waals surface area (Å²) in [5.41, 5.74) is 13.0. The van der Waals surface area contributed by atoms with Gasteiger partial charge in [0.25, 0.3) is 0 Å². The Hall–Kier alpha value is -0.820. The molecule has 0 saturated carbocycles. The Kier molecular flexibility index (Phi) is 5.94. The van der Waals surface area contributed by atoms with Crippen LogP contribution in [0.2, 0.25) is 0 Å². The van der Waals surface area contributed by atoms with Crippen molar-refractivity contribution >= 4 is 18.3 Å². The highest BCUT2D eigenvalue weighted by atomic mass is 35.5. The molecular weight excluding hydrogens is 314 g/mol. The highest BCUT2D eigenvalue weighted by Crippen LogP contribution is 2.42. The fraction of sp³-hybridized carbons (Fsp3) is 0.812. The third-order valence-electron chi connectivity index (χ3n) is 5.42. The summed E-state index contributed by atoms with van der Waals surface area (Å²) in [4.78, 5) is 8.42. The van der Waals surface area contributed by atoms with E-state index in [9.17, 15) is 0 Å². The summed E-state index contributed by atoms with van der Waals surface area (Å²) in [5.74, 6) is 0.973. The molecule has 0 aromatic carbocycles. The van der Waals surface area contributed by atoms with Crippen LogP contribution in [0.5, 0.6) is 0 Å². The van der Waals surface area contributed by atoms with Crippen molar-refractivity contribution in [1.29, 1.82) is 0 Å². The average molecular weight is 344 g/mol. The lowest BCUT2D eigenvalue weighted by atomic mass is 9.73. The van der Waals surface area contributed by atoms with Crippen LogP contribution in [0.25, 0.3) is 0 Å². The van der Waals surface area contributed by atoms with Gasteiger partial charge in [-0.3, -0.25) is 4.99 Å². The van der Waals surface area contributed by atoms with Gasteiger partial charge in [0.1, 0.15) is 11.3 Å². The first-order valence-corrected chi connectivity index (χ1v) is 8.69. The first-order valence-electron chi connectivity index (χ1n) is 8.25. The Labute approximate surface area is 144 Å². The van der Waals surface area contributed by atoms with E-state index in [4.69, 9.17) is 27.8 Å². The van der Waals surface area contributed by atoms with Crippen LogP contribution in [0.3, 0.4) is 0 Å². The molecule has 132 valence electrons. The van der Waals surface area contributed by atoms with E-state index < -0.39 is 0 Å². The number of hydrogen-bond acceptors (Lipinski definition) is 6. The molecule has 0 radical (unpaired) electrons. The molecule has 3 atom stereocenters. The highest BCUT2D eigenvalue weighted by molar-refractivity contribution is 6.20. The van der Waals surface area contributed by atoms with Crippen LogP contribution in [0, 0.1) is 5.41 Å². The molecular formula is C16H30ClN5O. The molecule has 2 heterocycles. The third-order valence-corrected chi connectivity index (χ3v) is 5.71. The van der Waals surface area contributed by atoms with Gasteiger partial charge in [0.2, 0.25) is 0 Å². The largest absolute Gasteiger partial charge is 0.376 e. The van der Waals surface area contributed by atoms with Crippen LogP contribution < -0.4 is 11.5 Å². The maximum Gasteiger partial charge on any atom is 0.128 e. The summed E-state index contributed by atoms with van der Waals surface area (Å²) >= 11 is 6.29. The second-order valence-corrected chi connectivity index (χ2v) is 7.34. The van der Waals surface area contributed by atoms with Crippen molar-refractivity contribution < 1.29 is 4.74 Å². The first kappa shape index (κ1) is 18.5. The van der Waals surface area contributed by atoms with Crippen molar-refractivity contribution in [2.75, 3.05) is 33.3 Å². The normalized spacial score (nSPS) is 29.4. The zero-order valence-corrected chi connectivity index (χ0v) is 15.2. The molecule has 2 saturated heterocycles. The van der Waals surface area contributed by atoms with Gasteiger partial charge in [-0.1, -0.05) is 11.6 Å². The van der Waals surface area contributed by atoms with E-state index in [0.29, 0.717) is 6.54 Å². The van der Waals surface area contributed by atoms with E-state index in [1.807, 2.05) is 18.9 Å². The number of nitrogens with zero attached hydrogens (tertiary/aromatic N) is 3. The van der Waals surface area contributed by atoms with Crippen LogP contribution >= 0.6 is 11.6 Å². The molecule has 0 aromatic rings. The van der Waals surface area contributed by atoms with Crippen molar-refractivity contribution in [2.45, 2.75) is 44.3 Å². The molecule has 1 spiro atoms. The minimum absolute atomic E-state index is 0.0939. The van der Waals surface area contributed by atoms with Crippen molar-refractivity contribution in [3.05, 3.63) is 11.5 Å². The monoisotopic (exact) mass is 343 g/mol. The van der Waals surface area contributed by atoms with E-state index in [-0.39, 0.29) is 23.1 Å². The fourth-order valence-corrected chi connectivity index (χ4v) is 3.73. The van der Waals surface area contributed by atoms with E-state index in [2.05, 4.69) is 23.5 Å². The molecule has 1 unspecified atom stereocenters. The van der Waals surface area contributed by atoms with Gasteiger partial charge < -0.3 is 26.0 Å². The van der Waals surface area contributed by atoms with Crippen molar-refractivity contribution in [1.82, 2.24) is 9.80 Å². The van der Waals surface area contributed by atoms with Crippen molar-refractivity contribution in [3.8, 4) is 0 Å². The molecule has 4 N–H and O–H groups in total. The molecule has 0 bridgehead atoms. The van der Waals surface area contributed by atoms with Gasteiger partial charge in [-0.15, -0.1) is 0 Å². The molecule has 0 aliphatic carbocycles. The smallest absolute Gasteiger partial charge is 0.128 e. The molecule has 0 aromatic heterocycles. The van der Waals surface area contributed by atoms with Gasteiger partial charge in [0, 0.05) is 38.1 Å². The molecule has 7 heteroatoms. The molecule has 6 nitrogen and oxygen atoms in total. The van der Waals surface area contributed by atoms with E-state index in [0.717, 1.165) is 44.1 Å². The first-order chi connectivity index (χ1) is 10.9. The summed E-state index contributed by atoms with van der Waals surface area (Å²) in [7, 11) is 1.96. The number of piperidine rings is 1. The van der Waals surface area contributed by atoms with Gasteiger partial charge in [-0.05, 0) is 33.4 Å². The van der Waals surface area contributed by atoms with E-state index in [1.165, 1.54) is 0 Å². The number of likely N-dealkylation sites (tertiary alicyclic amines) is 1. The number of nitrogens with two attached hydrogens (primary N) is 2. The van der Waals surface area contributed by atoms with Gasteiger partial charge in [0.15, 0.2) is 0 Å². The number of alkyl halides is 1. The number of aliphatic imine (C=N–C) groups is 1. The SMILES string of the molecule is C=N/C(CN)=C(/N1CCC2(CC1)CO[C@@H](C)[C@H]2N)N(C)C(C)Cl. The van der Waals surface area contributed by atoms with Crippen molar-refractivity contribution in [3.63, 3.8) is 0 Å². The lowest BCUT2D eigenvalue weighted by Gasteiger charge is -2.45. The molecule has 2 aliphatic rings. The van der Waals surface area contributed by atoms with Crippen LogP contribution in [0.4, 0.5) is 0 Å². The molecule has 0 amide bonds. The maximum atomic E-state index is 6.39. The van der Waals surface area contributed by atoms with Gasteiger partial charge in [0.05, 0.1) is 18.4 Å². The summed E-state index contributed by atoms with van der Waals surface area (Å²) in [6.07, 6.45) is 2.14. The Morgan fingerprint density at radius 1 is 1.52 bits per heavy atom. The highest BCUT2D eigenvalue weighted by Gasteiger charge is 2.48. The Bertz CT molecular complexity index is 459. The lowest BCUT2D eigenvalue weighted by molar-refractivity contribution is 0.0671. The van der Waals surface area contributed by atoms with Crippen LogP contribution in [0.15, 0.2) is 16.5 Å². The number of hydrogen-bond donors (Lipinski definition) is 2. The van der Waals surface area contributed by atoms with Crippen molar-refractivity contribution in [2.24, 2.45) is 21.9 Å². The Morgan fingerprint density at radius 3 is 2.52 bits per heavy atom. The topological polar surface area (TPSA) is 80.1 Å². The third kappa shape index (κ3) is 3.50. The second-order valence-electron chi connectivity index (χ2n) is 6.71.